The third kappa shape index (κ3) is 3.34. The fourth-order valence-corrected chi connectivity index (χ4v) is 3.34. The first-order chi connectivity index (χ1) is 12.2. The van der Waals surface area contributed by atoms with Gasteiger partial charge < -0.3 is 19.2 Å². The van der Waals surface area contributed by atoms with Crippen LogP contribution in [0.25, 0.3) is 0 Å². The predicted molar refractivity (Wildman–Crippen MR) is 93.0 cm³/mol. The maximum Gasteiger partial charge on any atom is 0.491 e. The molecule has 0 unspecified atom stereocenters. The summed E-state index contributed by atoms with van der Waals surface area (Å²) in [7, 11) is -0.861. The molecular weight excluding hydrogens is 317 g/mol. The van der Waals surface area contributed by atoms with Crippen LogP contribution >= 0.6 is 0 Å². The molecule has 1 heterocycles. The van der Waals surface area contributed by atoms with Crippen molar-refractivity contribution in [2.24, 2.45) is 0 Å². The van der Waals surface area contributed by atoms with Crippen molar-refractivity contribution in [2.75, 3.05) is 0 Å². The van der Waals surface area contributed by atoms with Gasteiger partial charge in [-0.15, -0.1) is 0 Å². The Morgan fingerprint density at radius 2 is 1.96 bits per heavy atom. The van der Waals surface area contributed by atoms with E-state index in [1.54, 1.807) is 24.3 Å². The molecule has 1 aliphatic heterocycles. The lowest BCUT2D eigenvalue weighted by Gasteiger charge is -2.17. The third-order valence-electron chi connectivity index (χ3n) is 4.67. The molecule has 0 bridgehead atoms. The number of hydrogen-bond donors (Lipinski definition) is 1. The van der Waals surface area contributed by atoms with Crippen molar-refractivity contribution >= 4 is 12.6 Å². The van der Waals surface area contributed by atoms with Gasteiger partial charge >= 0.3 is 7.12 Å². The zero-order chi connectivity index (χ0) is 17.2. The molecule has 2 aliphatic rings. The average Bonchev–Trinajstić information content (AvgIpc) is 3.26. The first kappa shape index (κ1) is 16.0. The van der Waals surface area contributed by atoms with Gasteiger partial charge in [-0.05, 0) is 61.0 Å². The minimum absolute atomic E-state index is 0.180. The summed E-state index contributed by atoms with van der Waals surface area (Å²) < 4.78 is 17.3. The molecule has 126 valence electrons. The summed E-state index contributed by atoms with van der Waals surface area (Å²) in [6, 6.07) is 12.8. The Labute approximate surface area is 146 Å². The molecule has 1 fully saturated rings. The van der Waals surface area contributed by atoms with Crippen molar-refractivity contribution in [1.29, 1.82) is 5.26 Å². The lowest BCUT2D eigenvalue weighted by atomic mass is 9.80. The molecule has 5 nitrogen and oxygen atoms in total. The van der Waals surface area contributed by atoms with Gasteiger partial charge in [0.2, 0.25) is 0 Å². The quantitative estimate of drug-likeness (QED) is 0.870. The van der Waals surface area contributed by atoms with Gasteiger partial charge in [-0.3, -0.25) is 0 Å². The van der Waals surface area contributed by atoms with E-state index < -0.39 is 7.12 Å². The summed E-state index contributed by atoms with van der Waals surface area (Å²) in [6.45, 7) is 0.368. The Morgan fingerprint density at radius 3 is 2.76 bits per heavy atom. The Bertz CT molecular complexity index is 827. The van der Waals surface area contributed by atoms with E-state index >= 15 is 0 Å². The van der Waals surface area contributed by atoms with Crippen LogP contribution in [0.2, 0.25) is 0 Å². The number of benzene rings is 2. The molecular formula is C19H18BNO4. The van der Waals surface area contributed by atoms with E-state index in [0.29, 0.717) is 29.4 Å². The van der Waals surface area contributed by atoms with Gasteiger partial charge in [-0.25, -0.2) is 0 Å². The first-order valence-corrected chi connectivity index (χ1v) is 8.54. The fraction of sp³-hybridized carbons (Fsp3) is 0.316. The lowest BCUT2D eigenvalue weighted by molar-refractivity contribution is 0.203. The number of hydrogen-bond acceptors (Lipinski definition) is 5. The Morgan fingerprint density at radius 1 is 1.12 bits per heavy atom. The van der Waals surface area contributed by atoms with Gasteiger partial charge in [0, 0.05) is 6.07 Å². The van der Waals surface area contributed by atoms with Gasteiger partial charge in [0.1, 0.15) is 5.75 Å². The van der Waals surface area contributed by atoms with Crippen LogP contribution in [0.5, 0.6) is 17.2 Å². The third-order valence-corrected chi connectivity index (χ3v) is 4.67. The van der Waals surface area contributed by atoms with Gasteiger partial charge in [0.25, 0.3) is 0 Å². The van der Waals surface area contributed by atoms with Gasteiger partial charge in [-0.2, -0.15) is 5.26 Å². The molecule has 0 spiro atoms. The molecule has 1 aliphatic carbocycles. The normalized spacial score (nSPS) is 16.6. The van der Waals surface area contributed by atoms with Crippen LogP contribution in [0, 0.1) is 11.3 Å². The number of nitriles is 1. The van der Waals surface area contributed by atoms with Gasteiger partial charge in [-0.1, -0.05) is 6.07 Å². The minimum Gasteiger partial charge on any atom is -0.486 e. The summed E-state index contributed by atoms with van der Waals surface area (Å²) in [6.07, 6.45) is 4.59. The molecule has 6 heteroatoms. The van der Waals surface area contributed by atoms with Crippen LogP contribution in [0.4, 0.5) is 0 Å². The van der Waals surface area contributed by atoms with Crippen LogP contribution in [0.1, 0.15) is 36.8 Å². The number of rotatable bonds is 4. The highest BCUT2D eigenvalue weighted by atomic mass is 16.5. The molecule has 0 radical (unpaired) electrons. The molecule has 1 N–H and O–H groups in total. The summed E-state index contributed by atoms with van der Waals surface area (Å²) in [5.41, 5.74) is 2.23. The van der Waals surface area contributed by atoms with Crippen molar-refractivity contribution < 1.29 is 19.2 Å². The summed E-state index contributed by atoms with van der Waals surface area (Å²) in [5.74, 6) is 1.84. The second-order valence-electron chi connectivity index (χ2n) is 6.42. The van der Waals surface area contributed by atoms with Crippen molar-refractivity contribution in [1.82, 2.24) is 0 Å². The Hall–Kier alpha value is -2.49. The van der Waals surface area contributed by atoms with E-state index in [1.165, 1.54) is 12.8 Å². The van der Waals surface area contributed by atoms with Crippen LogP contribution in [0.3, 0.4) is 0 Å². The fourth-order valence-electron chi connectivity index (χ4n) is 3.34. The second-order valence-corrected chi connectivity index (χ2v) is 6.42. The number of ether oxygens (including phenoxy) is 2. The monoisotopic (exact) mass is 335 g/mol. The first-order valence-electron chi connectivity index (χ1n) is 8.54. The van der Waals surface area contributed by atoms with Crippen LogP contribution < -0.4 is 14.9 Å². The summed E-state index contributed by atoms with van der Waals surface area (Å²) in [4.78, 5) is 0. The smallest absolute Gasteiger partial charge is 0.486 e. The molecule has 0 atom stereocenters. The highest BCUT2D eigenvalue weighted by Crippen LogP contribution is 2.35. The van der Waals surface area contributed by atoms with E-state index in [2.05, 4.69) is 6.07 Å². The van der Waals surface area contributed by atoms with Crippen molar-refractivity contribution in [3.63, 3.8) is 0 Å². The highest BCUT2D eigenvalue weighted by molar-refractivity contribution is 6.61. The van der Waals surface area contributed by atoms with Crippen LogP contribution in [0.15, 0.2) is 36.4 Å². The van der Waals surface area contributed by atoms with Gasteiger partial charge in [0.05, 0.1) is 24.3 Å². The molecule has 25 heavy (non-hydrogen) atoms. The summed E-state index contributed by atoms with van der Waals surface area (Å²) >= 11 is 0. The number of fused-ring (bicyclic) bond motifs is 1. The molecule has 0 amide bonds. The topological polar surface area (TPSA) is 71.7 Å². The SMILES string of the molecule is N#Cc1ccc(Oc2ccc3c(c2)COB3O)c(OC2CCCC2)c1. The minimum atomic E-state index is -0.861. The highest BCUT2D eigenvalue weighted by Gasteiger charge is 2.27. The van der Waals surface area contributed by atoms with E-state index in [4.69, 9.17) is 19.4 Å². The molecule has 2 aromatic carbocycles. The van der Waals surface area contributed by atoms with E-state index in [0.717, 1.165) is 23.9 Å². The predicted octanol–water partition coefficient (Wildman–Crippen LogP) is 2.89. The van der Waals surface area contributed by atoms with Crippen molar-refractivity contribution in [2.45, 2.75) is 38.4 Å². The lowest BCUT2D eigenvalue weighted by Crippen LogP contribution is -2.27. The standard InChI is InChI=1S/C19H18BNO4/c21-11-13-5-8-18(19(9-13)24-15-3-1-2-4-15)25-16-6-7-17-14(10-16)12-23-20(17)22/h5-10,15,22H,1-4,12H2. The van der Waals surface area contributed by atoms with E-state index in [-0.39, 0.29) is 6.10 Å². The largest absolute Gasteiger partial charge is 0.491 e. The van der Waals surface area contributed by atoms with Crippen molar-refractivity contribution in [3.8, 4) is 23.3 Å². The average molecular weight is 335 g/mol. The second kappa shape index (κ2) is 6.79. The zero-order valence-electron chi connectivity index (χ0n) is 13.8. The molecule has 2 aromatic rings. The van der Waals surface area contributed by atoms with Crippen LogP contribution in [-0.4, -0.2) is 18.2 Å². The maximum atomic E-state index is 9.71. The number of nitrogens with zero attached hydrogens (tertiary/aromatic N) is 1. The molecule has 4 rings (SSSR count). The molecule has 0 aromatic heterocycles. The van der Waals surface area contributed by atoms with E-state index in [9.17, 15) is 5.02 Å². The molecule has 0 saturated heterocycles. The van der Waals surface area contributed by atoms with Gasteiger partial charge in [0.15, 0.2) is 11.5 Å². The summed E-state index contributed by atoms with van der Waals surface area (Å²) in [5, 5.41) is 18.9. The molecule has 1 saturated carbocycles. The Balaban J connectivity index is 1.60. The zero-order valence-corrected chi connectivity index (χ0v) is 13.8. The van der Waals surface area contributed by atoms with Crippen LogP contribution in [-0.2, 0) is 11.3 Å². The van der Waals surface area contributed by atoms with Crippen molar-refractivity contribution in [3.05, 3.63) is 47.5 Å². The Kier molecular flexibility index (Phi) is 4.35. The van der Waals surface area contributed by atoms with E-state index in [1.807, 2.05) is 12.1 Å². The maximum absolute atomic E-state index is 9.71.